The van der Waals surface area contributed by atoms with E-state index in [2.05, 4.69) is 15.3 Å². The first kappa shape index (κ1) is 17.0. The van der Waals surface area contributed by atoms with Crippen LogP contribution in [0.15, 0.2) is 77.0 Å². The summed E-state index contributed by atoms with van der Waals surface area (Å²) in [6.07, 6.45) is 4.98. The van der Waals surface area contributed by atoms with Crippen molar-refractivity contribution in [2.24, 2.45) is 0 Å². The van der Waals surface area contributed by atoms with Crippen molar-refractivity contribution < 1.29 is 13.9 Å². The molecule has 0 aliphatic heterocycles. The third-order valence-electron chi connectivity index (χ3n) is 3.78. The number of furan rings is 1. The Morgan fingerprint density at radius 3 is 2.74 bits per heavy atom. The summed E-state index contributed by atoms with van der Waals surface area (Å²) < 4.78 is 10.9. The van der Waals surface area contributed by atoms with Gasteiger partial charge in [-0.05, 0) is 54.1 Å². The Kier molecular flexibility index (Phi) is 4.93. The van der Waals surface area contributed by atoms with E-state index in [1.807, 2.05) is 29.6 Å². The molecule has 0 bridgehead atoms. The number of nitrogens with zero attached hydrogens (tertiary/aromatic N) is 2. The number of hydrogen-bond acceptors (Lipinski definition) is 6. The molecule has 0 aliphatic rings. The van der Waals surface area contributed by atoms with E-state index in [1.165, 1.54) is 11.3 Å². The molecule has 7 heteroatoms. The van der Waals surface area contributed by atoms with Crippen LogP contribution in [0.5, 0.6) is 10.9 Å². The monoisotopic (exact) mass is 377 g/mol. The molecule has 1 N–H and O–H groups in total. The maximum Gasteiger partial charge on any atom is 0.278 e. The highest BCUT2D eigenvalue weighted by Crippen LogP contribution is 2.23. The number of rotatable bonds is 6. The van der Waals surface area contributed by atoms with Gasteiger partial charge < -0.3 is 14.5 Å². The predicted octanol–water partition coefficient (Wildman–Crippen LogP) is 4.52. The molecule has 3 aromatic heterocycles. The van der Waals surface area contributed by atoms with E-state index in [9.17, 15) is 4.79 Å². The first-order valence-corrected chi connectivity index (χ1v) is 9.10. The minimum atomic E-state index is -0.160. The number of ether oxygens (including phenoxy) is 1. The van der Waals surface area contributed by atoms with E-state index in [4.69, 9.17) is 9.15 Å². The van der Waals surface area contributed by atoms with E-state index >= 15 is 0 Å². The van der Waals surface area contributed by atoms with Gasteiger partial charge in [0.25, 0.3) is 11.1 Å². The molecule has 4 rings (SSSR count). The van der Waals surface area contributed by atoms with Crippen LogP contribution in [0.2, 0.25) is 0 Å². The number of hydrogen-bond donors (Lipinski definition) is 1. The first-order chi connectivity index (χ1) is 13.3. The molecule has 0 fully saturated rings. The van der Waals surface area contributed by atoms with Gasteiger partial charge in [-0.25, -0.2) is 4.98 Å². The Morgan fingerprint density at radius 2 is 2.00 bits per heavy atom. The second-order valence-electron chi connectivity index (χ2n) is 5.63. The van der Waals surface area contributed by atoms with Crippen molar-refractivity contribution in [3.8, 4) is 22.4 Å². The zero-order valence-corrected chi connectivity index (χ0v) is 15.0. The summed E-state index contributed by atoms with van der Waals surface area (Å²) in [5.74, 6) is 1.17. The second-order valence-corrected chi connectivity index (χ2v) is 6.49. The van der Waals surface area contributed by atoms with E-state index < -0.39 is 0 Å². The van der Waals surface area contributed by atoms with Gasteiger partial charge in [0, 0.05) is 29.9 Å². The van der Waals surface area contributed by atoms with Gasteiger partial charge >= 0.3 is 0 Å². The van der Waals surface area contributed by atoms with Crippen LogP contribution in [0.25, 0.3) is 11.5 Å². The molecule has 134 valence electrons. The van der Waals surface area contributed by atoms with Gasteiger partial charge in [-0.3, -0.25) is 9.78 Å². The standard InChI is InChI=1S/C20H15N3O3S/c24-19(15-3-5-16(6-4-15)26-20-22-9-11-27-20)23-13-14-7-8-21-17(12-14)18-2-1-10-25-18/h1-12H,13H2,(H,23,24). The maximum atomic E-state index is 12.4. The van der Waals surface area contributed by atoms with Gasteiger partial charge in [0.1, 0.15) is 11.4 Å². The van der Waals surface area contributed by atoms with Crippen molar-refractivity contribution in [1.82, 2.24) is 15.3 Å². The van der Waals surface area contributed by atoms with E-state index in [-0.39, 0.29) is 5.91 Å². The summed E-state index contributed by atoms with van der Waals surface area (Å²) in [6, 6.07) is 14.4. The van der Waals surface area contributed by atoms with Crippen LogP contribution in [0.4, 0.5) is 0 Å². The highest BCUT2D eigenvalue weighted by molar-refractivity contribution is 7.11. The van der Waals surface area contributed by atoms with Crippen molar-refractivity contribution in [1.29, 1.82) is 0 Å². The summed E-state index contributed by atoms with van der Waals surface area (Å²) in [6.45, 7) is 0.395. The predicted molar refractivity (Wildman–Crippen MR) is 102 cm³/mol. The van der Waals surface area contributed by atoms with Gasteiger partial charge in [-0.2, -0.15) is 0 Å². The molecule has 4 aromatic rings. The van der Waals surface area contributed by atoms with Crippen LogP contribution in [0.3, 0.4) is 0 Å². The molecule has 0 atom stereocenters. The smallest absolute Gasteiger partial charge is 0.278 e. The zero-order chi connectivity index (χ0) is 18.5. The Labute approximate surface area is 159 Å². The number of pyridine rings is 1. The van der Waals surface area contributed by atoms with Crippen molar-refractivity contribution >= 4 is 17.2 Å². The average Bonchev–Trinajstić information content (AvgIpc) is 3.41. The van der Waals surface area contributed by atoms with Gasteiger partial charge in [-0.1, -0.05) is 11.3 Å². The summed E-state index contributed by atoms with van der Waals surface area (Å²) in [7, 11) is 0. The lowest BCUT2D eigenvalue weighted by Gasteiger charge is -2.07. The fraction of sp³-hybridized carbons (Fsp3) is 0.0500. The molecule has 0 spiro atoms. The highest BCUT2D eigenvalue weighted by atomic mass is 32.1. The van der Waals surface area contributed by atoms with Gasteiger partial charge in [0.05, 0.1) is 6.26 Å². The van der Waals surface area contributed by atoms with Crippen LogP contribution in [-0.4, -0.2) is 15.9 Å². The minimum Gasteiger partial charge on any atom is -0.463 e. The number of nitrogens with one attached hydrogen (secondary N) is 1. The largest absolute Gasteiger partial charge is 0.463 e. The summed E-state index contributed by atoms with van der Waals surface area (Å²) in [5, 5.41) is 5.31. The van der Waals surface area contributed by atoms with E-state index in [0.717, 1.165) is 11.3 Å². The van der Waals surface area contributed by atoms with Crippen LogP contribution in [0.1, 0.15) is 15.9 Å². The number of carbonyl (C=O) groups is 1. The van der Waals surface area contributed by atoms with Crippen LogP contribution < -0.4 is 10.1 Å². The Morgan fingerprint density at radius 1 is 1.11 bits per heavy atom. The number of amides is 1. The van der Waals surface area contributed by atoms with Crippen molar-refractivity contribution in [3.63, 3.8) is 0 Å². The molecule has 1 aromatic carbocycles. The fourth-order valence-corrected chi connectivity index (χ4v) is 2.97. The van der Waals surface area contributed by atoms with Gasteiger partial charge in [0.2, 0.25) is 0 Å². The lowest BCUT2D eigenvalue weighted by atomic mass is 10.1. The summed E-state index contributed by atoms with van der Waals surface area (Å²) in [4.78, 5) is 20.7. The third-order valence-corrected chi connectivity index (χ3v) is 4.43. The normalized spacial score (nSPS) is 10.5. The van der Waals surface area contributed by atoms with Crippen LogP contribution >= 0.6 is 11.3 Å². The van der Waals surface area contributed by atoms with Crippen LogP contribution in [-0.2, 0) is 6.54 Å². The van der Waals surface area contributed by atoms with Crippen molar-refractivity contribution in [2.75, 3.05) is 0 Å². The molecule has 1 amide bonds. The SMILES string of the molecule is O=C(NCc1ccnc(-c2ccco2)c1)c1ccc(Oc2nccs2)cc1. The van der Waals surface area contributed by atoms with Gasteiger partial charge in [-0.15, -0.1) is 0 Å². The Hall–Kier alpha value is -3.45. The molecule has 0 saturated carbocycles. The summed E-state index contributed by atoms with van der Waals surface area (Å²) >= 11 is 1.41. The molecular formula is C20H15N3O3S. The highest BCUT2D eigenvalue weighted by Gasteiger charge is 2.08. The molecule has 3 heterocycles. The molecule has 0 saturated heterocycles. The molecule has 6 nitrogen and oxygen atoms in total. The molecule has 0 aliphatic carbocycles. The van der Waals surface area contributed by atoms with Gasteiger partial charge in [0.15, 0.2) is 5.76 Å². The molecular weight excluding hydrogens is 362 g/mol. The first-order valence-electron chi connectivity index (χ1n) is 8.22. The summed E-state index contributed by atoms with van der Waals surface area (Å²) in [5.41, 5.74) is 2.23. The lowest BCUT2D eigenvalue weighted by molar-refractivity contribution is 0.0951. The average molecular weight is 377 g/mol. The van der Waals surface area contributed by atoms with Crippen LogP contribution in [0, 0.1) is 0 Å². The second kappa shape index (κ2) is 7.84. The topological polar surface area (TPSA) is 77.2 Å². The minimum absolute atomic E-state index is 0.160. The zero-order valence-electron chi connectivity index (χ0n) is 14.2. The van der Waals surface area contributed by atoms with E-state index in [0.29, 0.717) is 28.8 Å². The third kappa shape index (κ3) is 4.21. The lowest BCUT2D eigenvalue weighted by Crippen LogP contribution is -2.22. The molecule has 0 unspecified atom stereocenters. The quantitative estimate of drug-likeness (QED) is 0.534. The van der Waals surface area contributed by atoms with Crippen molar-refractivity contribution in [3.05, 3.63) is 83.7 Å². The fourth-order valence-electron chi connectivity index (χ4n) is 2.46. The maximum absolute atomic E-state index is 12.4. The molecule has 27 heavy (non-hydrogen) atoms. The Balaban J connectivity index is 1.37. The number of aromatic nitrogens is 2. The molecule has 0 radical (unpaired) electrons. The number of carbonyl (C=O) groups excluding carboxylic acids is 1. The number of thiazole rings is 1. The van der Waals surface area contributed by atoms with Crippen molar-refractivity contribution in [2.45, 2.75) is 6.54 Å². The Bertz CT molecular complexity index is 1010. The number of benzene rings is 1. The van der Waals surface area contributed by atoms with E-state index in [1.54, 1.807) is 42.9 Å².